The topological polar surface area (TPSA) is 114 Å². The molecule has 0 aliphatic rings. The summed E-state index contributed by atoms with van der Waals surface area (Å²) in [5.41, 5.74) is 2.35. The Balaban J connectivity index is 1.40. The van der Waals surface area contributed by atoms with E-state index in [2.05, 4.69) is 10.6 Å². The van der Waals surface area contributed by atoms with Crippen molar-refractivity contribution in [3.05, 3.63) is 108 Å². The van der Waals surface area contributed by atoms with E-state index in [0.717, 1.165) is 10.5 Å². The molecule has 0 aliphatic heterocycles. The molecule has 0 radical (unpaired) electrons. The van der Waals surface area contributed by atoms with E-state index >= 15 is 0 Å². The molecule has 2 amide bonds. The van der Waals surface area contributed by atoms with Crippen LogP contribution in [0.15, 0.2) is 101 Å². The fourth-order valence-corrected chi connectivity index (χ4v) is 5.91. The molecule has 0 unspecified atom stereocenters. The van der Waals surface area contributed by atoms with Crippen molar-refractivity contribution >= 4 is 45.0 Å². The number of hydrogen-bond donors (Lipinski definition) is 2. The van der Waals surface area contributed by atoms with Gasteiger partial charge >= 0.3 is 0 Å². The molecule has 0 fully saturated rings. The molecule has 11 heteroatoms. The average Bonchev–Trinajstić information content (AvgIpc) is 3.04. The van der Waals surface area contributed by atoms with Crippen LogP contribution in [0.4, 0.5) is 11.4 Å². The van der Waals surface area contributed by atoms with Gasteiger partial charge < -0.3 is 20.1 Å². The molecule has 2 N–H and O–H groups in total. The highest BCUT2D eigenvalue weighted by atomic mass is 32.2. The zero-order valence-electron chi connectivity index (χ0n) is 24.3. The predicted octanol–water partition coefficient (Wildman–Crippen LogP) is 5.48. The second kappa shape index (κ2) is 14.1. The first-order valence-electron chi connectivity index (χ1n) is 13.3. The first kappa shape index (κ1) is 31.5. The molecule has 43 heavy (non-hydrogen) atoms. The van der Waals surface area contributed by atoms with Gasteiger partial charge in [0, 0.05) is 24.1 Å². The lowest BCUT2D eigenvalue weighted by Crippen LogP contribution is -2.27. The maximum Gasteiger partial charge on any atom is 0.264 e. The largest absolute Gasteiger partial charge is 0.493 e. The number of hydrogen-bond acceptors (Lipinski definition) is 7. The van der Waals surface area contributed by atoms with Crippen molar-refractivity contribution < 1.29 is 27.5 Å². The maximum atomic E-state index is 13.1. The van der Waals surface area contributed by atoms with Gasteiger partial charge in [-0.3, -0.25) is 13.9 Å². The van der Waals surface area contributed by atoms with Crippen LogP contribution in [0.25, 0.3) is 0 Å². The van der Waals surface area contributed by atoms with Crippen LogP contribution in [0.5, 0.6) is 11.5 Å². The summed E-state index contributed by atoms with van der Waals surface area (Å²) >= 11 is 1.53. The molecular formula is C32H33N3O6S2. The minimum Gasteiger partial charge on any atom is -0.493 e. The molecule has 0 heterocycles. The number of nitrogens with zero attached hydrogens (tertiary/aromatic N) is 1. The van der Waals surface area contributed by atoms with Crippen LogP contribution in [0.3, 0.4) is 0 Å². The van der Waals surface area contributed by atoms with Crippen molar-refractivity contribution in [2.75, 3.05) is 43.7 Å². The number of sulfonamides is 1. The van der Waals surface area contributed by atoms with Crippen molar-refractivity contribution in [3.8, 4) is 11.5 Å². The highest BCUT2D eigenvalue weighted by molar-refractivity contribution is 7.98. The van der Waals surface area contributed by atoms with Crippen molar-refractivity contribution in [3.63, 3.8) is 0 Å². The molecule has 0 spiro atoms. The second-order valence-corrected chi connectivity index (χ2v) is 12.2. The van der Waals surface area contributed by atoms with Crippen LogP contribution in [-0.2, 0) is 16.4 Å². The number of rotatable bonds is 12. The minimum absolute atomic E-state index is 0.174. The number of nitrogens with one attached hydrogen (secondary N) is 2. The van der Waals surface area contributed by atoms with E-state index in [-0.39, 0.29) is 10.8 Å². The van der Waals surface area contributed by atoms with Gasteiger partial charge in [0.15, 0.2) is 11.5 Å². The third-order valence-corrected chi connectivity index (χ3v) is 9.32. The Morgan fingerprint density at radius 1 is 0.837 bits per heavy atom. The maximum absolute atomic E-state index is 13.1. The first-order valence-corrected chi connectivity index (χ1v) is 16.0. The lowest BCUT2D eigenvalue weighted by molar-refractivity contribution is 0.0955. The normalized spacial score (nSPS) is 11.0. The molecule has 0 saturated heterocycles. The van der Waals surface area contributed by atoms with E-state index < -0.39 is 15.9 Å². The van der Waals surface area contributed by atoms with Crippen molar-refractivity contribution in [1.29, 1.82) is 0 Å². The summed E-state index contributed by atoms with van der Waals surface area (Å²) in [4.78, 5) is 27.2. The Morgan fingerprint density at radius 3 is 2.16 bits per heavy atom. The van der Waals surface area contributed by atoms with Crippen LogP contribution in [0, 0.1) is 0 Å². The van der Waals surface area contributed by atoms with E-state index in [4.69, 9.17) is 9.47 Å². The van der Waals surface area contributed by atoms with Gasteiger partial charge in [0.25, 0.3) is 21.8 Å². The molecular weight excluding hydrogens is 587 g/mol. The monoisotopic (exact) mass is 619 g/mol. The Morgan fingerprint density at radius 2 is 1.51 bits per heavy atom. The van der Waals surface area contributed by atoms with Crippen molar-refractivity contribution in [2.45, 2.75) is 16.2 Å². The summed E-state index contributed by atoms with van der Waals surface area (Å²) < 4.78 is 38.0. The molecule has 0 atom stereocenters. The molecule has 4 rings (SSSR count). The van der Waals surface area contributed by atoms with Crippen molar-refractivity contribution in [1.82, 2.24) is 5.32 Å². The summed E-state index contributed by atoms with van der Waals surface area (Å²) in [6, 6.07) is 25.2. The lowest BCUT2D eigenvalue weighted by Gasteiger charge is -2.20. The Labute approximate surface area is 256 Å². The van der Waals surface area contributed by atoms with E-state index in [0.29, 0.717) is 47.0 Å². The minimum atomic E-state index is -3.78. The number of anilines is 2. The molecule has 0 aromatic heterocycles. The van der Waals surface area contributed by atoms with Crippen LogP contribution < -0.4 is 24.4 Å². The smallest absolute Gasteiger partial charge is 0.264 e. The number of carbonyl (C=O) groups excluding carboxylic acids is 2. The van der Waals surface area contributed by atoms with Gasteiger partial charge in [0.2, 0.25) is 0 Å². The molecule has 4 aromatic rings. The summed E-state index contributed by atoms with van der Waals surface area (Å²) in [5.74, 6) is 0.477. The highest BCUT2D eigenvalue weighted by Gasteiger charge is 2.22. The van der Waals surface area contributed by atoms with Gasteiger partial charge in [-0.2, -0.15) is 0 Å². The third-order valence-electron chi connectivity index (χ3n) is 6.78. The lowest BCUT2D eigenvalue weighted by atomic mass is 10.1. The molecule has 0 bridgehead atoms. The number of benzene rings is 4. The highest BCUT2D eigenvalue weighted by Crippen LogP contribution is 2.28. The Bertz CT molecular complexity index is 1690. The Kier molecular flexibility index (Phi) is 10.3. The van der Waals surface area contributed by atoms with Gasteiger partial charge in [0.1, 0.15) is 0 Å². The fourth-order valence-electron chi connectivity index (χ4n) is 4.30. The summed E-state index contributed by atoms with van der Waals surface area (Å²) in [6.07, 6.45) is 2.49. The second-order valence-electron chi connectivity index (χ2n) is 9.39. The van der Waals surface area contributed by atoms with Gasteiger partial charge in [-0.05, 0) is 91.0 Å². The van der Waals surface area contributed by atoms with Crippen LogP contribution in [0.2, 0.25) is 0 Å². The van der Waals surface area contributed by atoms with E-state index in [9.17, 15) is 18.0 Å². The van der Waals surface area contributed by atoms with Crippen LogP contribution in [-0.4, -0.2) is 54.3 Å². The molecule has 0 saturated carbocycles. The number of para-hydroxylation sites is 1. The van der Waals surface area contributed by atoms with Gasteiger partial charge in [-0.25, -0.2) is 8.42 Å². The quantitative estimate of drug-likeness (QED) is 0.202. The first-order chi connectivity index (χ1) is 20.7. The van der Waals surface area contributed by atoms with Crippen LogP contribution >= 0.6 is 11.8 Å². The zero-order valence-corrected chi connectivity index (χ0v) is 25.9. The average molecular weight is 620 g/mol. The number of carbonyl (C=O) groups is 2. The summed E-state index contributed by atoms with van der Waals surface area (Å²) in [5, 5.41) is 5.69. The number of methoxy groups -OCH3 is 2. The number of amides is 2. The van der Waals surface area contributed by atoms with E-state index in [1.807, 2.05) is 24.5 Å². The standard InChI is InChI=1S/C32H33N3O6S2/c1-35(43(38,39)26-16-14-25(42-4)15-17-26)24-12-10-23(11-13-24)31(36)34-28-8-6-5-7-27(28)32(37)33-20-19-22-9-18-29(40-2)30(21-22)41-3/h5-18,21H,19-20H2,1-4H3,(H,33,37)(H,34,36). The van der Waals surface area contributed by atoms with Crippen LogP contribution in [0.1, 0.15) is 26.3 Å². The molecule has 9 nitrogen and oxygen atoms in total. The third kappa shape index (κ3) is 7.49. The summed E-state index contributed by atoms with van der Waals surface area (Å²) in [6.45, 7) is 0.371. The molecule has 4 aromatic carbocycles. The van der Waals surface area contributed by atoms with Crippen molar-refractivity contribution in [2.24, 2.45) is 0 Å². The SMILES string of the molecule is COc1ccc(CCNC(=O)c2ccccc2NC(=O)c2ccc(N(C)S(=O)(=O)c3ccc(SC)cc3)cc2)cc1OC. The molecule has 224 valence electrons. The molecule has 0 aliphatic carbocycles. The predicted molar refractivity (Wildman–Crippen MR) is 170 cm³/mol. The van der Waals surface area contributed by atoms with E-state index in [1.54, 1.807) is 87.0 Å². The van der Waals surface area contributed by atoms with Gasteiger partial charge in [0.05, 0.1) is 36.1 Å². The van der Waals surface area contributed by atoms with Gasteiger partial charge in [-0.15, -0.1) is 11.8 Å². The van der Waals surface area contributed by atoms with E-state index in [1.165, 1.54) is 23.1 Å². The Hall–Kier alpha value is -4.48. The summed E-state index contributed by atoms with van der Waals surface area (Å²) in [7, 11) is 0.826. The number of ether oxygens (including phenoxy) is 2. The zero-order chi connectivity index (χ0) is 31.0. The fraction of sp³-hybridized carbons (Fsp3) is 0.188. The number of thioether (sulfide) groups is 1. The van der Waals surface area contributed by atoms with Gasteiger partial charge in [-0.1, -0.05) is 18.2 Å².